The number of benzene rings is 2. The Labute approximate surface area is 315 Å². The van der Waals surface area contributed by atoms with Gasteiger partial charge >= 0.3 is 12.2 Å². The third kappa shape index (κ3) is 15.5. The maximum Gasteiger partial charge on any atom is 0.407 e. The summed E-state index contributed by atoms with van der Waals surface area (Å²) in [5, 5.41) is 5.16. The number of aromatic amines is 2. The molecule has 0 saturated heterocycles. The van der Waals surface area contributed by atoms with Crippen molar-refractivity contribution >= 4 is 18.1 Å². The van der Waals surface area contributed by atoms with Gasteiger partial charge in [0.2, 0.25) is 5.91 Å². The highest BCUT2D eigenvalue weighted by Crippen LogP contribution is 2.27. The number of nitrogens with one attached hydrogen (secondary N) is 4. The molecule has 0 radical (unpaired) electrons. The number of imidazole rings is 2. The molecule has 0 aliphatic heterocycles. The highest BCUT2D eigenvalue weighted by Gasteiger charge is 2.17. The van der Waals surface area contributed by atoms with Crippen molar-refractivity contribution in [2.75, 3.05) is 46.9 Å². The van der Waals surface area contributed by atoms with Crippen LogP contribution in [0.15, 0.2) is 60.9 Å². The van der Waals surface area contributed by atoms with E-state index in [1.54, 1.807) is 11.1 Å². The smallest absolute Gasteiger partial charge is 0.407 e. The number of nitrogens with zero attached hydrogens (tertiary/aromatic N) is 4. The summed E-state index contributed by atoms with van der Waals surface area (Å²) in [6.07, 6.45) is 6.82. The van der Waals surface area contributed by atoms with Gasteiger partial charge < -0.3 is 35.0 Å². The van der Waals surface area contributed by atoms with Crippen LogP contribution < -0.4 is 10.6 Å². The molecular formula is C40H60N8O5. The lowest BCUT2D eigenvalue weighted by molar-refractivity contribution is -0.130. The molecule has 13 heteroatoms. The van der Waals surface area contributed by atoms with E-state index < -0.39 is 12.2 Å². The lowest BCUT2D eigenvalue weighted by Crippen LogP contribution is -2.40. The van der Waals surface area contributed by atoms with Crippen molar-refractivity contribution in [2.45, 2.75) is 80.3 Å². The minimum absolute atomic E-state index is 0.137. The van der Waals surface area contributed by atoms with E-state index in [1.807, 2.05) is 25.3 Å². The van der Waals surface area contributed by atoms with Gasteiger partial charge in [-0.25, -0.2) is 19.6 Å². The summed E-state index contributed by atoms with van der Waals surface area (Å²) >= 11 is 0. The van der Waals surface area contributed by atoms with Gasteiger partial charge in [-0.3, -0.25) is 9.69 Å². The van der Waals surface area contributed by atoms with Gasteiger partial charge in [0, 0.05) is 19.6 Å². The van der Waals surface area contributed by atoms with Crippen LogP contribution >= 0.6 is 0 Å². The number of rotatable bonds is 16. The monoisotopic (exact) mass is 732 g/mol. The molecule has 0 spiro atoms. The number of carbonyl (C=O) groups excluding carboxylic acids is 3. The zero-order valence-corrected chi connectivity index (χ0v) is 32.9. The van der Waals surface area contributed by atoms with Crippen molar-refractivity contribution in [2.24, 2.45) is 0 Å². The normalized spacial score (nSPS) is 10.4. The molecule has 4 aromatic rings. The Morgan fingerprint density at radius 3 is 1.51 bits per heavy atom. The van der Waals surface area contributed by atoms with Gasteiger partial charge in [-0.2, -0.15) is 0 Å². The Balaban J connectivity index is 0.00000151. The highest BCUT2D eigenvalue weighted by molar-refractivity contribution is 5.82. The summed E-state index contributed by atoms with van der Waals surface area (Å²) in [7, 11) is 2.62. The third-order valence-corrected chi connectivity index (χ3v) is 7.53. The standard InChI is InChI=1S/C34H44N8O5.2C3H8/c1-5-16-41(18-15-35-33(44)46-3)22-30-36-19-28(39-30)26-11-7-24(8-12-26)25-9-13-27(14-10-25)29-20-37-31(40-29)23-42(17-6-2)32(43)21-38-34(45)47-4;2*1-3-2/h7-14,19-20H,5-6,15-18,21-23H2,1-4H3,(H,35,44)(H,36,39)(H,37,40)(H,38,45);2*3H2,1-2H3. The molecule has 0 bridgehead atoms. The van der Waals surface area contributed by atoms with Gasteiger partial charge in [-0.05, 0) is 41.6 Å². The third-order valence-electron chi connectivity index (χ3n) is 7.53. The molecule has 0 aliphatic rings. The fraction of sp³-hybridized carbons (Fsp3) is 0.475. The molecule has 0 atom stereocenters. The number of carbonyl (C=O) groups is 3. The number of amides is 3. The van der Waals surface area contributed by atoms with Crippen molar-refractivity contribution in [3.8, 4) is 33.6 Å². The maximum absolute atomic E-state index is 12.6. The molecule has 0 unspecified atom stereocenters. The van der Waals surface area contributed by atoms with Gasteiger partial charge in [0.05, 0.1) is 51.1 Å². The van der Waals surface area contributed by atoms with E-state index in [9.17, 15) is 14.4 Å². The van der Waals surface area contributed by atoms with Crippen LogP contribution in [0, 0.1) is 0 Å². The second kappa shape index (κ2) is 24.9. The number of H-pyrrole nitrogens is 2. The first-order valence-electron chi connectivity index (χ1n) is 18.6. The predicted molar refractivity (Wildman–Crippen MR) is 211 cm³/mol. The Bertz CT molecular complexity index is 1620. The number of methoxy groups -OCH3 is 2. The minimum atomic E-state index is -0.643. The van der Waals surface area contributed by atoms with Crippen LogP contribution in [-0.2, 0) is 27.4 Å². The van der Waals surface area contributed by atoms with E-state index in [-0.39, 0.29) is 12.5 Å². The number of hydrogen-bond acceptors (Lipinski definition) is 8. The SMILES string of the molecule is CCC.CCC.CCCN(CCNC(=O)OC)Cc1ncc(-c2ccc(-c3ccc(-c4cnc(CN(CCC)C(=O)CNC(=O)OC)[nH]4)cc3)cc2)[nH]1. The minimum Gasteiger partial charge on any atom is -0.453 e. The molecule has 0 aliphatic carbocycles. The van der Waals surface area contributed by atoms with E-state index >= 15 is 0 Å². The fourth-order valence-corrected chi connectivity index (χ4v) is 5.12. The van der Waals surface area contributed by atoms with Crippen LogP contribution in [0.5, 0.6) is 0 Å². The van der Waals surface area contributed by atoms with Crippen molar-refractivity contribution in [1.82, 2.24) is 40.4 Å². The highest BCUT2D eigenvalue weighted by atomic mass is 16.5. The van der Waals surface area contributed by atoms with Gasteiger partial charge in [0.25, 0.3) is 0 Å². The molecule has 2 heterocycles. The average molecular weight is 733 g/mol. The van der Waals surface area contributed by atoms with E-state index in [0.29, 0.717) is 38.5 Å². The van der Waals surface area contributed by atoms with Gasteiger partial charge in [0.1, 0.15) is 18.2 Å². The zero-order chi connectivity index (χ0) is 39.0. The first-order chi connectivity index (χ1) is 25.7. The van der Waals surface area contributed by atoms with Crippen molar-refractivity contribution in [3.05, 3.63) is 72.6 Å². The van der Waals surface area contributed by atoms with E-state index in [2.05, 4.69) is 116 Å². The molecular weight excluding hydrogens is 672 g/mol. The lowest BCUT2D eigenvalue weighted by Gasteiger charge is -2.21. The maximum atomic E-state index is 12.6. The molecule has 4 rings (SSSR count). The summed E-state index contributed by atoms with van der Waals surface area (Å²) < 4.78 is 9.20. The van der Waals surface area contributed by atoms with E-state index in [0.717, 1.165) is 58.9 Å². The van der Waals surface area contributed by atoms with Gasteiger partial charge in [-0.15, -0.1) is 0 Å². The van der Waals surface area contributed by atoms with Gasteiger partial charge in [0.15, 0.2) is 0 Å². The molecule has 2 aromatic heterocycles. The predicted octanol–water partition coefficient (Wildman–Crippen LogP) is 7.63. The molecule has 0 fully saturated rings. The topological polar surface area (TPSA) is 158 Å². The van der Waals surface area contributed by atoms with Crippen LogP contribution in [0.25, 0.3) is 33.6 Å². The number of hydrogen-bond donors (Lipinski definition) is 4. The molecule has 4 N–H and O–H groups in total. The molecule has 13 nitrogen and oxygen atoms in total. The quantitative estimate of drug-likeness (QED) is 0.0916. The molecule has 2 aromatic carbocycles. The van der Waals surface area contributed by atoms with E-state index in [1.165, 1.54) is 27.1 Å². The summed E-state index contributed by atoms with van der Waals surface area (Å²) in [4.78, 5) is 55.1. The van der Waals surface area contributed by atoms with E-state index in [4.69, 9.17) is 0 Å². The summed E-state index contributed by atoms with van der Waals surface area (Å²) in [6, 6.07) is 16.6. The Morgan fingerprint density at radius 1 is 0.623 bits per heavy atom. The Hall–Kier alpha value is -5.17. The summed E-state index contributed by atoms with van der Waals surface area (Å²) in [6.45, 7) is 16.1. The zero-order valence-electron chi connectivity index (χ0n) is 32.9. The Morgan fingerprint density at radius 2 is 1.06 bits per heavy atom. The summed E-state index contributed by atoms with van der Waals surface area (Å²) in [5.41, 5.74) is 5.99. The first-order valence-corrected chi connectivity index (χ1v) is 18.6. The van der Waals surface area contributed by atoms with Crippen molar-refractivity contribution in [1.29, 1.82) is 0 Å². The van der Waals surface area contributed by atoms with Crippen LogP contribution in [0.1, 0.15) is 78.9 Å². The molecule has 290 valence electrons. The first kappa shape index (κ1) is 44.0. The number of alkyl carbamates (subject to hydrolysis) is 2. The largest absolute Gasteiger partial charge is 0.453 e. The lowest BCUT2D eigenvalue weighted by atomic mass is 10.0. The number of ether oxygens (including phenoxy) is 2. The molecule has 3 amide bonds. The Kier molecular flexibility index (Phi) is 20.7. The van der Waals surface area contributed by atoms with Crippen molar-refractivity contribution < 1.29 is 23.9 Å². The second-order valence-corrected chi connectivity index (χ2v) is 12.4. The van der Waals surface area contributed by atoms with Crippen LogP contribution in [-0.4, -0.2) is 94.8 Å². The van der Waals surface area contributed by atoms with Gasteiger partial charge in [-0.1, -0.05) is 103 Å². The average Bonchev–Trinajstić information content (AvgIpc) is 3.84. The second-order valence-electron chi connectivity index (χ2n) is 12.4. The molecule has 53 heavy (non-hydrogen) atoms. The fourth-order valence-electron chi connectivity index (χ4n) is 5.12. The molecule has 0 saturated carbocycles. The van der Waals surface area contributed by atoms with Crippen LogP contribution in [0.2, 0.25) is 0 Å². The van der Waals surface area contributed by atoms with Crippen molar-refractivity contribution in [3.63, 3.8) is 0 Å². The summed E-state index contributed by atoms with van der Waals surface area (Å²) in [5.74, 6) is 1.32. The van der Waals surface area contributed by atoms with Crippen LogP contribution in [0.3, 0.4) is 0 Å². The van der Waals surface area contributed by atoms with Crippen LogP contribution in [0.4, 0.5) is 9.59 Å². The number of aromatic nitrogens is 4.